The van der Waals surface area contributed by atoms with E-state index in [4.69, 9.17) is 0 Å². The Balaban J connectivity index is 1.71. The average molecular weight is 413 g/mol. The molecule has 1 aromatic heterocycles. The van der Waals surface area contributed by atoms with E-state index >= 15 is 0 Å². The van der Waals surface area contributed by atoms with Gasteiger partial charge in [0.05, 0.1) is 29.3 Å². The van der Waals surface area contributed by atoms with Crippen LogP contribution >= 0.6 is 15.9 Å². The van der Waals surface area contributed by atoms with Gasteiger partial charge in [-0.15, -0.1) is 0 Å². The molecule has 0 bridgehead atoms. The van der Waals surface area contributed by atoms with Crippen molar-refractivity contribution in [3.8, 4) is 5.69 Å². The van der Waals surface area contributed by atoms with Crippen molar-refractivity contribution in [1.29, 1.82) is 0 Å². The predicted octanol–water partition coefficient (Wildman–Crippen LogP) is 4.61. The smallest absolute Gasteiger partial charge is 0.243 e. The van der Waals surface area contributed by atoms with Gasteiger partial charge in [-0.3, -0.25) is 4.79 Å². The van der Waals surface area contributed by atoms with Crippen molar-refractivity contribution in [1.82, 2.24) is 9.78 Å². The van der Waals surface area contributed by atoms with Crippen LogP contribution in [0.2, 0.25) is 0 Å². The first kappa shape index (κ1) is 18.2. The number of benzene rings is 2. The molecule has 0 saturated carbocycles. The fraction of sp³-hybridized carbons (Fsp3) is 0.200. The maximum absolute atomic E-state index is 12.3. The molecule has 0 aliphatic carbocycles. The molecule has 5 nitrogen and oxygen atoms in total. The van der Waals surface area contributed by atoms with Crippen LogP contribution in [0.15, 0.2) is 53.0 Å². The number of hydrogen-bond acceptors (Lipinski definition) is 3. The lowest BCUT2D eigenvalue weighted by atomic mass is 10.2. The van der Waals surface area contributed by atoms with Gasteiger partial charge in [0.15, 0.2) is 0 Å². The first-order valence-electron chi connectivity index (χ1n) is 8.36. The predicted molar refractivity (Wildman–Crippen MR) is 109 cm³/mol. The Bertz CT molecular complexity index is 931. The Morgan fingerprint density at radius 1 is 1.12 bits per heavy atom. The normalized spacial score (nSPS) is 10.6. The fourth-order valence-corrected chi connectivity index (χ4v) is 3.12. The largest absolute Gasteiger partial charge is 0.376 e. The monoisotopic (exact) mass is 412 g/mol. The number of carbonyl (C=O) groups is 1. The van der Waals surface area contributed by atoms with Crippen molar-refractivity contribution in [2.75, 3.05) is 17.2 Å². The van der Waals surface area contributed by atoms with Crippen LogP contribution in [0.25, 0.3) is 5.69 Å². The lowest BCUT2D eigenvalue weighted by Crippen LogP contribution is -2.22. The van der Waals surface area contributed by atoms with E-state index in [0.717, 1.165) is 32.9 Å². The van der Waals surface area contributed by atoms with Gasteiger partial charge in [0.1, 0.15) is 0 Å². The number of nitrogens with zero attached hydrogens (tertiary/aromatic N) is 2. The fourth-order valence-electron chi connectivity index (χ4n) is 2.73. The van der Waals surface area contributed by atoms with Crippen molar-refractivity contribution in [3.05, 3.63) is 70.0 Å². The molecule has 3 aromatic rings. The topological polar surface area (TPSA) is 59.0 Å². The second kappa shape index (κ2) is 7.74. The summed E-state index contributed by atoms with van der Waals surface area (Å²) in [7, 11) is 0. The number of rotatable bonds is 5. The lowest BCUT2D eigenvalue weighted by Gasteiger charge is -2.09. The molecule has 26 heavy (non-hydrogen) atoms. The van der Waals surface area contributed by atoms with Gasteiger partial charge >= 0.3 is 0 Å². The molecule has 0 radical (unpaired) electrons. The summed E-state index contributed by atoms with van der Waals surface area (Å²) in [6, 6.07) is 15.9. The molecule has 0 aliphatic heterocycles. The van der Waals surface area contributed by atoms with Gasteiger partial charge in [0, 0.05) is 10.2 Å². The molecule has 134 valence electrons. The first-order valence-corrected chi connectivity index (χ1v) is 9.16. The summed E-state index contributed by atoms with van der Waals surface area (Å²) in [5.41, 5.74) is 5.51. The standard InChI is InChI=1S/C20H21BrN4O/c1-13-7-9-18(10-8-13)25-15(3)20(14(2)24-25)23-19(26)12-22-17-6-4-5-16(21)11-17/h4-11,22H,12H2,1-3H3,(H,23,26). The van der Waals surface area contributed by atoms with Crippen molar-refractivity contribution in [2.45, 2.75) is 20.8 Å². The van der Waals surface area contributed by atoms with E-state index in [1.165, 1.54) is 5.56 Å². The number of hydrogen-bond donors (Lipinski definition) is 2. The summed E-state index contributed by atoms with van der Waals surface area (Å²) in [6.07, 6.45) is 0. The zero-order chi connectivity index (χ0) is 18.7. The van der Waals surface area contributed by atoms with Crippen LogP contribution in [-0.2, 0) is 4.79 Å². The number of nitrogens with one attached hydrogen (secondary N) is 2. The molecule has 0 atom stereocenters. The summed E-state index contributed by atoms with van der Waals surface area (Å²) < 4.78 is 2.82. The van der Waals surface area contributed by atoms with E-state index in [1.54, 1.807) is 0 Å². The Morgan fingerprint density at radius 3 is 2.54 bits per heavy atom. The minimum absolute atomic E-state index is 0.111. The summed E-state index contributed by atoms with van der Waals surface area (Å²) in [6.45, 7) is 6.09. The van der Waals surface area contributed by atoms with Crippen LogP contribution in [0.1, 0.15) is 17.0 Å². The van der Waals surface area contributed by atoms with Crippen LogP contribution in [-0.4, -0.2) is 22.2 Å². The van der Waals surface area contributed by atoms with Crippen LogP contribution in [0, 0.1) is 20.8 Å². The number of carbonyl (C=O) groups excluding carboxylic acids is 1. The molecule has 3 rings (SSSR count). The van der Waals surface area contributed by atoms with E-state index in [-0.39, 0.29) is 12.5 Å². The average Bonchev–Trinajstić information content (AvgIpc) is 2.89. The second-order valence-corrected chi connectivity index (χ2v) is 7.12. The molecule has 2 N–H and O–H groups in total. The molecule has 0 fully saturated rings. The van der Waals surface area contributed by atoms with E-state index in [0.29, 0.717) is 0 Å². The van der Waals surface area contributed by atoms with Gasteiger partial charge in [0.25, 0.3) is 0 Å². The lowest BCUT2D eigenvalue weighted by molar-refractivity contribution is -0.114. The number of aromatic nitrogens is 2. The quantitative estimate of drug-likeness (QED) is 0.642. The molecule has 0 unspecified atom stereocenters. The molecular formula is C20H21BrN4O. The Labute approximate surface area is 161 Å². The van der Waals surface area contributed by atoms with Crippen LogP contribution in [0.3, 0.4) is 0 Å². The molecule has 0 aliphatic rings. The summed E-state index contributed by atoms with van der Waals surface area (Å²) in [4.78, 5) is 12.3. The Morgan fingerprint density at radius 2 is 1.85 bits per heavy atom. The molecule has 0 spiro atoms. The van der Waals surface area contributed by atoms with Gasteiger partial charge < -0.3 is 10.6 Å². The van der Waals surface area contributed by atoms with Crippen molar-refractivity contribution in [2.24, 2.45) is 0 Å². The van der Waals surface area contributed by atoms with E-state index in [9.17, 15) is 4.79 Å². The Hall–Kier alpha value is -2.60. The van der Waals surface area contributed by atoms with Crippen molar-refractivity contribution < 1.29 is 4.79 Å². The third-order valence-electron chi connectivity index (χ3n) is 4.11. The second-order valence-electron chi connectivity index (χ2n) is 6.21. The van der Waals surface area contributed by atoms with Crippen LogP contribution < -0.4 is 10.6 Å². The summed E-state index contributed by atoms with van der Waals surface area (Å²) in [5, 5.41) is 10.7. The molecule has 6 heteroatoms. The zero-order valence-electron chi connectivity index (χ0n) is 15.0. The van der Waals surface area contributed by atoms with Crippen LogP contribution in [0.5, 0.6) is 0 Å². The van der Waals surface area contributed by atoms with Crippen LogP contribution in [0.4, 0.5) is 11.4 Å². The molecule has 1 amide bonds. The van der Waals surface area contributed by atoms with Crippen molar-refractivity contribution in [3.63, 3.8) is 0 Å². The van der Waals surface area contributed by atoms with E-state index < -0.39 is 0 Å². The summed E-state index contributed by atoms with van der Waals surface area (Å²) >= 11 is 3.42. The number of aryl methyl sites for hydroxylation is 2. The molecule has 1 heterocycles. The molecule has 2 aromatic carbocycles. The number of anilines is 2. The van der Waals surface area contributed by atoms with Gasteiger partial charge in [0.2, 0.25) is 5.91 Å². The van der Waals surface area contributed by atoms with E-state index in [2.05, 4.69) is 38.6 Å². The minimum atomic E-state index is -0.111. The third-order valence-corrected chi connectivity index (χ3v) is 4.61. The highest BCUT2D eigenvalue weighted by Gasteiger charge is 2.15. The maximum Gasteiger partial charge on any atom is 0.243 e. The highest BCUT2D eigenvalue weighted by molar-refractivity contribution is 9.10. The number of halogens is 1. The molecular weight excluding hydrogens is 392 g/mol. The highest BCUT2D eigenvalue weighted by atomic mass is 79.9. The number of amides is 1. The highest BCUT2D eigenvalue weighted by Crippen LogP contribution is 2.23. The summed E-state index contributed by atoms with van der Waals surface area (Å²) in [5.74, 6) is -0.111. The minimum Gasteiger partial charge on any atom is -0.376 e. The zero-order valence-corrected chi connectivity index (χ0v) is 16.6. The third kappa shape index (κ3) is 4.14. The SMILES string of the molecule is Cc1ccc(-n2nc(C)c(NC(=O)CNc3cccc(Br)c3)c2C)cc1. The Kier molecular flexibility index (Phi) is 5.42. The van der Waals surface area contributed by atoms with Gasteiger partial charge in [-0.2, -0.15) is 5.10 Å². The van der Waals surface area contributed by atoms with Gasteiger partial charge in [-0.1, -0.05) is 39.7 Å². The van der Waals surface area contributed by atoms with E-state index in [1.807, 2.05) is 67.1 Å². The first-order chi connectivity index (χ1) is 12.4. The van der Waals surface area contributed by atoms with Gasteiger partial charge in [-0.25, -0.2) is 4.68 Å². The molecule has 0 saturated heterocycles. The maximum atomic E-state index is 12.3. The van der Waals surface area contributed by atoms with Gasteiger partial charge in [-0.05, 0) is 51.1 Å². The van der Waals surface area contributed by atoms with Crippen molar-refractivity contribution >= 4 is 33.2 Å².